The van der Waals surface area contributed by atoms with Crippen molar-refractivity contribution in [2.75, 3.05) is 14.2 Å². The summed E-state index contributed by atoms with van der Waals surface area (Å²) in [5.41, 5.74) is 0. The Hall–Kier alpha value is -0.0151. The molecule has 3 unspecified atom stereocenters. The van der Waals surface area contributed by atoms with Gasteiger partial charge in [-0.3, -0.25) is 0 Å². The van der Waals surface area contributed by atoms with Gasteiger partial charge in [0, 0.05) is 14.2 Å². The highest BCUT2D eigenvalue weighted by Crippen LogP contribution is 2.52. The lowest BCUT2D eigenvalue weighted by Crippen LogP contribution is -2.29. The van der Waals surface area contributed by atoms with Crippen LogP contribution in [-0.2, 0) is 9.31 Å². The number of hydrogen-bond donors (Lipinski definition) is 0. The average molecular weight is 168 g/mol. The van der Waals surface area contributed by atoms with Crippen LogP contribution < -0.4 is 0 Å². The molecular weight excluding hydrogens is 151 g/mol. The average Bonchev–Trinajstić information content (AvgIpc) is 2.67. The van der Waals surface area contributed by atoms with E-state index >= 15 is 0 Å². The highest BCUT2D eigenvalue weighted by molar-refractivity contribution is 6.46. The first kappa shape index (κ1) is 8.58. The largest absolute Gasteiger partial charge is 0.460 e. The molecule has 2 aliphatic rings. The second-order valence-electron chi connectivity index (χ2n) is 4.18. The van der Waals surface area contributed by atoms with Crippen LogP contribution in [-0.4, -0.2) is 21.3 Å². The molecule has 2 fully saturated rings. The molecule has 2 bridgehead atoms. The molecule has 0 aliphatic heterocycles. The van der Waals surface area contributed by atoms with Gasteiger partial charge in [-0.05, 0) is 30.5 Å². The summed E-state index contributed by atoms with van der Waals surface area (Å²) in [7, 11) is 3.56. The monoisotopic (exact) mass is 168 g/mol. The Morgan fingerprint density at radius 2 is 1.83 bits per heavy atom. The third-order valence-corrected chi connectivity index (χ3v) is 3.61. The summed E-state index contributed by atoms with van der Waals surface area (Å²) in [4.78, 5) is 0. The van der Waals surface area contributed by atoms with Crippen molar-refractivity contribution in [2.24, 2.45) is 11.8 Å². The lowest BCUT2D eigenvalue weighted by atomic mass is 9.63. The summed E-state index contributed by atoms with van der Waals surface area (Å²) in [5.74, 6) is 2.55. The molecule has 12 heavy (non-hydrogen) atoms. The maximum Gasteiger partial charge on any atom is 0.460 e. The molecule has 3 heteroatoms. The van der Waals surface area contributed by atoms with Gasteiger partial charge in [-0.2, -0.15) is 0 Å². The van der Waals surface area contributed by atoms with Crippen LogP contribution in [0.15, 0.2) is 0 Å². The van der Waals surface area contributed by atoms with Gasteiger partial charge in [0.25, 0.3) is 0 Å². The van der Waals surface area contributed by atoms with Gasteiger partial charge in [-0.1, -0.05) is 12.8 Å². The maximum atomic E-state index is 5.31. The molecule has 2 rings (SSSR count). The summed E-state index contributed by atoms with van der Waals surface area (Å²) in [6.45, 7) is 0. The van der Waals surface area contributed by atoms with E-state index in [2.05, 4.69) is 0 Å². The predicted octanol–water partition coefficient (Wildman–Crippen LogP) is 1.96. The Labute approximate surface area is 74.8 Å². The fraction of sp³-hybridized carbons (Fsp3) is 1.00. The minimum absolute atomic E-state index is 0.0558. The zero-order valence-electron chi connectivity index (χ0n) is 7.95. The smallest absolute Gasteiger partial charge is 0.414 e. The quantitative estimate of drug-likeness (QED) is 0.599. The van der Waals surface area contributed by atoms with Crippen LogP contribution in [0, 0.1) is 11.8 Å². The molecule has 0 amide bonds. The zero-order chi connectivity index (χ0) is 8.55. The topological polar surface area (TPSA) is 18.5 Å². The van der Waals surface area contributed by atoms with Crippen LogP contribution in [0.5, 0.6) is 0 Å². The molecule has 2 aliphatic carbocycles. The molecule has 2 nitrogen and oxygen atoms in total. The van der Waals surface area contributed by atoms with E-state index in [1.165, 1.54) is 25.7 Å². The van der Waals surface area contributed by atoms with Crippen molar-refractivity contribution in [3.63, 3.8) is 0 Å². The molecule has 0 N–H and O–H groups in total. The summed E-state index contributed by atoms with van der Waals surface area (Å²) >= 11 is 0. The second-order valence-corrected chi connectivity index (χ2v) is 4.18. The summed E-state index contributed by atoms with van der Waals surface area (Å²) in [5, 5.41) is 0. The van der Waals surface area contributed by atoms with Gasteiger partial charge in [0.2, 0.25) is 0 Å². The Balaban J connectivity index is 1.96. The molecular formula is C9H17BO2. The molecule has 0 spiro atoms. The van der Waals surface area contributed by atoms with Crippen molar-refractivity contribution >= 4 is 7.12 Å². The molecule has 0 saturated heterocycles. The molecule has 68 valence electrons. The number of hydrogen-bond acceptors (Lipinski definition) is 2. The van der Waals surface area contributed by atoms with Gasteiger partial charge in [0.1, 0.15) is 0 Å². The van der Waals surface area contributed by atoms with E-state index in [1.807, 2.05) is 0 Å². The normalized spacial score (nSPS) is 39.0. The zero-order valence-corrected chi connectivity index (χ0v) is 7.95. The highest BCUT2D eigenvalue weighted by atomic mass is 16.6. The SMILES string of the molecule is COB(OC)C1CC2CCC1C2. The first-order chi connectivity index (χ1) is 5.85. The molecule has 0 aromatic rings. The number of rotatable bonds is 3. The van der Waals surface area contributed by atoms with Crippen LogP contribution in [0.4, 0.5) is 0 Å². The Bertz CT molecular complexity index is 159. The minimum atomic E-state index is 0.0558. The Morgan fingerprint density at radius 3 is 2.25 bits per heavy atom. The molecule has 2 saturated carbocycles. The van der Waals surface area contributed by atoms with Gasteiger partial charge >= 0.3 is 7.12 Å². The van der Waals surface area contributed by atoms with Crippen molar-refractivity contribution in [3.05, 3.63) is 0 Å². The second kappa shape index (κ2) is 3.39. The highest BCUT2D eigenvalue weighted by Gasteiger charge is 2.46. The first-order valence-electron chi connectivity index (χ1n) is 4.90. The lowest BCUT2D eigenvalue weighted by molar-refractivity contribution is 0.248. The van der Waals surface area contributed by atoms with E-state index in [1.54, 1.807) is 14.2 Å². The molecule has 0 radical (unpaired) electrons. The van der Waals surface area contributed by atoms with E-state index in [0.717, 1.165) is 11.8 Å². The van der Waals surface area contributed by atoms with Crippen molar-refractivity contribution in [1.82, 2.24) is 0 Å². The first-order valence-corrected chi connectivity index (χ1v) is 4.90. The minimum Gasteiger partial charge on any atom is -0.414 e. The van der Waals surface area contributed by atoms with Crippen LogP contribution in [0.2, 0.25) is 5.82 Å². The fourth-order valence-electron chi connectivity index (χ4n) is 3.07. The van der Waals surface area contributed by atoms with E-state index in [0.29, 0.717) is 5.82 Å². The van der Waals surface area contributed by atoms with Crippen LogP contribution in [0.25, 0.3) is 0 Å². The summed E-state index contributed by atoms with van der Waals surface area (Å²) in [6, 6.07) is 0. The van der Waals surface area contributed by atoms with E-state index < -0.39 is 0 Å². The summed E-state index contributed by atoms with van der Waals surface area (Å²) < 4.78 is 10.6. The molecule has 3 atom stereocenters. The lowest BCUT2D eigenvalue weighted by Gasteiger charge is -2.24. The van der Waals surface area contributed by atoms with Gasteiger partial charge in [-0.25, -0.2) is 0 Å². The third-order valence-electron chi connectivity index (χ3n) is 3.61. The summed E-state index contributed by atoms with van der Waals surface area (Å²) in [6.07, 6.45) is 5.60. The Morgan fingerprint density at radius 1 is 1.08 bits per heavy atom. The predicted molar refractivity (Wildman–Crippen MR) is 49.0 cm³/mol. The van der Waals surface area contributed by atoms with E-state index in [-0.39, 0.29) is 7.12 Å². The maximum absolute atomic E-state index is 5.31. The van der Waals surface area contributed by atoms with Gasteiger partial charge in [0.15, 0.2) is 0 Å². The van der Waals surface area contributed by atoms with Gasteiger partial charge < -0.3 is 9.31 Å². The van der Waals surface area contributed by atoms with Crippen LogP contribution in [0.3, 0.4) is 0 Å². The Kier molecular flexibility index (Phi) is 2.42. The van der Waals surface area contributed by atoms with Crippen molar-refractivity contribution in [2.45, 2.75) is 31.5 Å². The molecule has 0 heterocycles. The van der Waals surface area contributed by atoms with Crippen molar-refractivity contribution in [3.8, 4) is 0 Å². The number of fused-ring (bicyclic) bond motifs is 2. The van der Waals surface area contributed by atoms with Crippen molar-refractivity contribution < 1.29 is 9.31 Å². The van der Waals surface area contributed by atoms with E-state index in [4.69, 9.17) is 9.31 Å². The van der Waals surface area contributed by atoms with Gasteiger partial charge in [-0.15, -0.1) is 0 Å². The van der Waals surface area contributed by atoms with Crippen molar-refractivity contribution in [1.29, 1.82) is 0 Å². The standard InChI is InChI=1S/C9H17BO2/c1-11-10(12-2)9-6-7-3-4-8(9)5-7/h7-9H,3-6H2,1-2H3. The van der Waals surface area contributed by atoms with Crippen LogP contribution >= 0.6 is 0 Å². The third kappa shape index (κ3) is 1.29. The van der Waals surface area contributed by atoms with Gasteiger partial charge in [0.05, 0.1) is 0 Å². The van der Waals surface area contributed by atoms with E-state index in [9.17, 15) is 0 Å². The molecule has 0 aromatic carbocycles. The molecule has 0 aromatic heterocycles. The van der Waals surface area contributed by atoms with Crippen LogP contribution in [0.1, 0.15) is 25.7 Å². The fourth-order valence-corrected chi connectivity index (χ4v) is 3.07.